The lowest BCUT2D eigenvalue weighted by Gasteiger charge is -2.06. The van der Waals surface area contributed by atoms with Crippen LogP contribution in [0.5, 0.6) is 0 Å². The zero-order valence-electron chi connectivity index (χ0n) is 7.41. The van der Waals surface area contributed by atoms with Gasteiger partial charge in [0.1, 0.15) is 0 Å². The monoisotopic (exact) mass is 209 g/mol. The van der Waals surface area contributed by atoms with E-state index < -0.39 is 24.5 Å². The number of hydrogen-bond donors (Lipinski definition) is 2. The fourth-order valence-electron chi connectivity index (χ4n) is 1.06. The first-order chi connectivity index (χ1) is 6.36. The van der Waals surface area contributed by atoms with Gasteiger partial charge in [-0.1, -0.05) is 0 Å². The van der Waals surface area contributed by atoms with E-state index in [1.54, 1.807) is 0 Å². The van der Waals surface area contributed by atoms with Crippen molar-refractivity contribution in [2.45, 2.75) is 12.2 Å². The number of aromatic nitrogens is 2. The van der Waals surface area contributed by atoms with Gasteiger partial charge in [-0.3, -0.25) is 4.68 Å². The molecule has 4 nitrogen and oxygen atoms in total. The fourth-order valence-corrected chi connectivity index (χ4v) is 1.06. The van der Waals surface area contributed by atoms with E-state index in [0.717, 1.165) is 10.7 Å². The number of nitrogens with zero attached hydrogens (tertiary/aromatic N) is 2. The number of aryl methyl sites for hydroxylation is 1. The van der Waals surface area contributed by atoms with E-state index in [2.05, 4.69) is 5.10 Å². The summed E-state index contributed by atoms with van der Waals surface area (Å²) in [6.45, 7) is -0.420. The van der Waals surface area contributed by atoms with Gasteiger partial charge in [-0.15, -0.1) is 0 Å². The van der Waals surface area contributed by atoms with Crippen LogP contribution in [0.25, 0.3) is 0 Å². The van der Waals surface area contributed by atoms with Gasteiger partial charge in [0.05, 0.1) is 18.3 Å². The fraction of sp³-hybridized carbons (Fsp3) is 0.571. The molecule has 1 atom stereocenters. The van der Waals surface area contributed by atoms with E-state index in [9.17, 15) is 13.2 Å². The Kier molecular flexibility index (Phi) is 2.81. The van der Waals surface area contributed by atoms with Crippen LogP contribution < -0.4 is 5.73 Å². The largest absolute Gasteiger partial charge is 0.435 e. The molecule has 0 amide bonds. The molecule has 80 valence electrons. The molecule has 1 aromatic heterocycles. The molecule has 0 spiro atoms. The third-order valence-electron chi connectivity index (χ3n) is 1.78. The molecule has 0 bridgehead atoms. The number of aliphatic hydroxyl groups excluding tert-OH is 1. The Hall–Kier alpha value is -1.08. The van der Waals surface area contributed by atoms with E-state index in [-0.39, 0.29) is 5.69 Å². The van der Waals surface area contributed by atoms with Crippen molar-refractivity contribution in [2.75, 3.05) is 6.61 Å². The van der Waals surface area contributed by atoms with Crippen molar-refractivity contribution in [1.29, 1.82) is 0 Å². The van der Waals surface area contributed by atoms with Gasteiger partial charge in [0.2, 0.25) is 0 Å². The molecule has 14 heavy (non-hydrogen) atoms. The Bertz CT molecular complexity index is 320. The van der Waals surface area contributed by atoms with E-state index in [4.69, 9.17) is 10.8 Å². The van der Waals surface area contributed by atoms with E-state index >= 15 is 0 Å². The molecule has 0 aliphatic rings. The maximum atomic E-state index is 12.2. The van der Waals surface area contributed by atoms with Crippen LogP contribution in [0, 0.1) is 0 Å². The third-order valence-corrected chi connectivity index (χ3v) is 1.78. The minimum absolute atomic E-state index is 0.153. The van der Waals surface area contributed by atoms with Crippen molar-refractivity contribution < 1.29 is 18.3 Å². The average molecular weight is 209 g/mol. The quantitative estimate of drug-likeness (QED) is 0.742. The Balaban J connectivity index is 3.05. The average Bonchev–Trinajstić information content (AvgIpc) is 2.45. The molecule has 0 aliphatic carbocycles. The van der Waals surface area contributed by atoms with Gasteiger partial charge in [-0.2, -0.15) is 18.3 Å². The predicted molar refractivity (Wildman–Crippen MR) is 42.2 cm³/mol. The highest BCUT2D eigenvalue weighted by atomic mass is 19.4. The van der Waals surface area contributed by atoms with Crippen LogP contribution in [0.15, 0.2) is 6.07 Å². The molecule has 0 radical (unpaired) electrons. The van der Waals surface area contributed by atoms with Crippen molar-refractivity contribution in [1.82, 2.24) is 9.78 Å². The summed E-state index contributed by atoms with van der Waals surface area (Å²) in [4.78, 5) is 0. The smallest absolute Gasteiger partial charge is 0.394 e. The van der Waals surface area contributed by atoms with Crippen LogP contribution >= 0.6 is 0 Å². The van der Waals surface area contributed by atoms with E-state index in [0.29, 0.717) is 0 Å². The summed E-state index contributed by atoms with van der Waals surface area (Å²) < 4.78 is 37.5. The predicted octanol–water partition coefficient (Wildman–Crippen LogP) is 0.431. The lowest BCUT2D eigenvalue weighted by atomic mass is 10.2. The molecule has 0 aromatic carbocycles. The molecule has 1 heterocycles. The number of hydrogen-bond acceptors (Lipinski definition) is 3. The maximum Gasteiger partial charge on any atom is 0.435 e. The molecule has 0 saturated heterocycles. The summed E-state index contributed by atoms with van der Waals surface area (Å²) in [6, 6.07) is -0.00968. The topological polar surface area (TPSA) is 64.1 Å². The van der Waals surface area contributed by atoms with Crippen LogP contribution in [0.3, 0.4) is 0 Å². The van der Waals surface area contributed by atoms with Gasteiger partial charge in [-0.05, 0) is 6.07 Å². The summed E-state index contributed by atoms with van der Waals surface area (Å²) in [7, 11) is 1.35. The van der Waals surface area contributed by atoms with Crippen molar-refractivity contribution in [3.05, 3.63) is 17.5 Å². The van der Waals surface area contributed by atoms with Crippen LogP contribution in [-0.2, 0) is 13.2 Å². The molecule has 1 rings (SSSR count). The highest BCUT2D eigenvalue weighted by Crippen LogP contribution is 2.29. The first-order valence-corrected chi connectivity index (χ1v) is 3.84. The highest BCUT2D eigenvalue weighted by Gasteiger charge is 2.35. The van der Waals surface area contributed by atoms with Gasteiger partial charge in [-0.25, -0.2) is 0 Å². The lowest BCUT2D eigenvalue weighted by molar-refractivity contribution is -0.141. The van der Waals surface area contributed by atoms with E-state index in [1.807, 2.05) is 0 Å². The van der Waals surface area contributed by atoms with Gasteiger partial charge in [0.25, 0.3) is 0 Å². The van der Waals surface area contributed by atoms with Crippen LogP contribution in [-0.4, -0.2) is 21.5 Å². The number of nitrogens with two attached hydrogens (primary N) is 1. The second kappa shape index (κ2) is 3.58. The zero-order chi connectivity index (χ0) is 10.9. The maximum absolute atomic E-state index is 12.2. The molecule has 0 saturated carbocycles. The Morgan fingerprint density at radius 2 is 2.21 bits per heavy atom. The van der Waals surface area contributed by atoms with Crippen LogP contribution in [0.1, 0.15) is 17.4 Å². The van der Waals surface area contributed by atoms with Crippen molar-refractivity contribution in [2.24, 2.45) is 12.8 Å². The second-order valence-electron chi connectivity index (χ2n) is 2.86. The zero-order valence-corrected chi connectivity index (χ0v) is 7.41. The summed E-state index contributed by atoms with van der Waals surface area (Å²) >= 11 is 0. The molecule has 7 heteroatoms. The van der Waals surface area contributed by atoms with Crippen LogP contribution in [0.2, 0.25) is 0 Å². The number of rotatable bonds is 2. The summed E-state index contributed by atoms with van der Waals surface area (Å²) in [5, 5.41) is 11.9. The first kappa shape index (κ1) is 11.0. The van der Waals surface area contributed by atoms with Crippen molar-refractivity contribution >= 4 is 0 Å². The number of alkyl halides is 3. The standard InChI is InChI=1S/C7H10F3N3O/c1-13-5(4(11)3-14)2-6(12-13)7(8,9)10/h2,4,14H,3,11H2,1H3/t4-/m1/s1. The minimum atomic E-state index is -4.48. The van der Waals surface area contributed by atoms with Gasteiger partial charge >= 0.3 is 6.18 Å². The lowest BCUT2D eigenvalue weighted by Crippen LogP contribution is -2.17. The number of aliphatic hydroxyl groups is 1. The molecule has 0 fully saturated rings. The third kappa shape index (κ3) is 2.05. The van der Waals surface area contributed by atoms with Gasteiger partial charge in [0.15, 0.2) is 5.69 Å². The SMILES string of the molecule is Cn1nc(C(F)(F)F)cc1[C@H](N)CO. The minimum Gasteiger partial charge on any atom is -0.394 e. The molecule has 0 aliphatic heterocycles. The molecule has 1 aromatic rings. The molecular weight excluding hydrogens is 199 g/mol. The normalized spacial score (nSPS) is 14.4. The van der Waals surface area contributed by atoms with E-state index in [1.165, 1.54) is 7.05 Å². The first-order valence-electron chi connectivity index (χ1n) is 3.84. The Morgan fingerprint density at radius 3 is 2.57 bits per heavy atom. The summed E-state index contributed by atoms with van der Waals surface area (Å²) in [6.07, 6.45) is -4.48. The van der Waals surface area contributed by atoms with Gasteiger partial charge < -0.3 is 10.8 Å². The highest BCUT2D eigenvalue weighted by molar-refractivity contribution is 5.16. The molecular formula is C7H10F3N3O. The van der Waals surface area contributed by atoms with Crippen molar-refractivity contribution in [3.63, 3.8) is 0 Å². The number of halogens is 3. The van der Waals surface area contributed by atoms with Crippen molar-refractivity contribution in [3.8, 4) is 0 Å². The second-order valence-corrected chi connectivity index (χ2v) is 2.86. The summed E-state index contributed by atoms with van der Waals surface area (Å²) in [5.74, 6) is 0. The molecule has 3 N–H and O–H groups in total. The van der Waals surface area contributed by atoms with Crippen LogP contribution in [0.4, 0.5) is 13.2 Å². The molecule has 0 unspecified atom stereocenters. The Labute approximate surface area is 78.1 Å². The van der Waals surface area contributed by atoms with Gasteiger partial charge in [0, 0.05) is 7.05 Å². The Morgan fingerprint density at radius 1 is 1.64 bits per heavy atom. The summed E-state index contributed by atoms with van der Waals surface area (Å²) in [5.41, 5.74) is 4.53.